The fourth-order valence-electron chi connectivity index (χ4n) is 2.42. The number of amides is 1. The van der Waals surface area contributed by atoms with Crippen LogP contribution in [-0.2, 0) is 4.79 Å². The molecule has 5 heteroatoms. The summed E-state index contributed by atoms with van der Waals surface area (Å²) in [5.74, 6) is -0.551. The van der Waals surface area contributed by atoms with E-state index in [1.165, 1.54) is 6.07 Å². The van der Waals surface area contributed by atoms with Gasteiger partial charge in [-0.2, -0.15) is 0 Å². The van der Waals surface area contributed by atoms with Crippen LogP contribution in [0.4, 0.5) is 15.8 Å². The Labute approximate surface area is 97.2 Å². The first-order valence-electron chi connectivity index (χ1n) is 5.23. The smallest absolute Gasteiger partial charge is 0.247 e. The Hall–Kier alpha value is -1.29. The Morgan fingerprint density at radius 1 is 1.50 bits per heavy atom. The molecule has 1 atom stereocenters. The van der Waals surface area contributed by atoms with E-state index < -0.39 is 5.82 Å². The van der Waals surface area contributed by atoms with Gasteiger partial charge in [0.05, 0.1) is 16.4 Å². The summed E-state index contributed by atoms with van der Waals surface area (Å²) in [5.41, 5.74) is 1.35. The first kappa shape index (κ1) is 9.90. The van der Waals surface area contributed by atoms with Gasteiger partial charge < -0.3 is 10.2 Å². The number of nitrogens with zero attached hydrogens (tertiary/aromatic N) is 1. The average Bonchev–Trinajstić information content (AvgIpc) is 2.71. The van der Waals surface area contributed by atoms with Gasteiger partial charge in [-0.3, -0.25) is 4.79 Å². The molecule has 3 nitrogen and oxygen atoms in total. The van der Waals surface area contributed by atoms with Crippen molar-refractivity contribution in [2.24, 2.45) is 0 Å². The van der Waals surface area contributed by atoms with Gasteiger partial charge in [0.1, 0.15) is 11.9 Å². The number of halogens is 2. The van der Waals surface area contributed by atoms with Crippen LogP contribution in [0.1, 0.15) is 12.8 Å². The number of rotatable bonds is 0. The zero-order valence-corrected chi connectivity index (χ0v) is 9.22. The molecule has 2 heterocycles. The van der Waals surface area contributed by atoms with E-state index in [1.807, 2.05) is 4.90 Å². The summed E-state index contributed by atoms with van der Waals surface area (Å²) in [6, 6.07) is 2.75. The Balaban J connectivity index is 2.14. The lowest BCUT2D eigenvalue weighted by Crippen LogP contribution is -2.43. The predicted octanol–water partition coefficient (Wildman–Crippen LogP) is 2.40. The molecule has 0 radical (unpaired) electrons. The molecule has 16 heavy (non-hydrogen) atoms. The highest BCUT2D eigenvalue weighted by atomic mass is 35.5. The quantitative estimate of drug-likeness (QED) is 0.755. The minimum absolute atomic E-state index is 0.0493. The second kappa shape index (κ2) is 3.35. The summed E-state index contributed by atoms with van der Waals surface area (Å²) in [7, 11) is 0. The first-order chi connectivity index (χ1) is 7.66. The molecule has 3 rings (SSSR count). The molecule has 1 aromatic carbocycles. The number of nitrogens with one attached hydrogen (secondary N) is 1. The number of hydrogen-bond acceptors (Lipinski definition) is 2. The molecule has 1 amide bonds. The molecular weight excluding hydrogens is 231 g/mol. The topological polar surface area (TPSA) is 32.3 Å². The van der Waals surface area contributed by atoms with Gasteiger partial charge in [-0.05, 0) is 18.9 Å². The van der Waals surface area contributed by atoms with Gasteiger partial charge in [-0.25, -0.2) is 4.39 Å². The number of carbonyl (C=O) groups is 1. The summed E-state index contributed by atoms with van der Waals surface area (Å²) in [5, 5.41) is 2.82. The van der Waals surface area contributed by atoms with Crippen molar-refractivity contribution in [3.63, 3.8) is 0 Å². The fourth-order valence-corrected chi connectivity index (χ4v) is 2.58. The summed E-state index contributed by atoms with van der Waals surface area (Å²) >= 11 is 5.76. The predicted molar refractivity (Wildman–Crippen MR) is 60.4 cm³/mol. The van der Waals surface area contributed by atoms with Crippen LogP contribution in [0.5, 0.6) is 0 Å². The second-order valence-corrected chi connectivity index (χ2v) is 4.53. The molecule has 0 bridgehead atoms. The van der Waals surface area contributed by atoms with E-state index in [9.17, 15) is 9.18 Å². The summed E-state index contributed by atoms with van der Waals surface area (Å²) in [6.45, 7) is 0.826. The average molecular weight is 241 g/mol. The maximum absolute atomic E-state index is 13.3. The molecule has 0 spiro atoms. The van der Waals surface area contributed by atoms with Gasteiger partial charge in [0, 0.05) is 12.6 Å². The van der Waals surface area contributed by atoms with Gasteiger partial charge >= 0.3 is 0 Å². The third-order valence-electron chi connectivity index (χ3n) is 3.16. The van der Waals surface area contributed by atoms with E-state index in [-0.39, 0.29) is 17.0 Å². The largest absolute Gasteiger partial charge is 0.358 e. The van der Waals surface area contributed by atoms with Crippen LogP contribution >= 0.6 is 11.6 Å². The molecule has 1 saturated heterocycles. The lowest BCUT2D eigenvalue weighted by molar-refractivity contribution is -0.117. The normalized spacial score (nSPS) is 22.8. The maximum Gasteiger partial charge on any atom is 0.247 e. The lowest BCUT2D eigenvalue weighted by Gasteiger charge is -2.33. The zero-order valence-electron chi connectivity index (χ0n) is 8.46. The molecule has 2 aliphatic heterocycles. The standard InChI is InChI=1S/C11H10ClFN2O/c12-6-4-10-8(5-7(6)13)14-11(16)9-2-1-3-15(9)10/h4-5,9H,1-3H2,(H,14,16). The maximum atomic E-state index is 13.3. The Kier molecular flexibility index (Phi) is 2.07. The van der Waals surface area contributed by atoms with Crippen LogP contribution in [0, 0.1) is 5.82 Å². The van der Waals surface area contributed by atoms with Crippen molar-refractivity contribution < 1.29 is 9.18 Å². The zero-order chi connectivity index (χ0) is 11.3. The number of hydrogen-bond donors (Lipinski definition) is 1. The molecule has 1 N–H and O–H groups in total. The van der Waals surface area contributed by atoms with Crippen molar-refractivity contribution in [1.82, 2.24) is 0 Å². The van der Waals surface area contributed by atoms with Crippen molar-refractivity contribution in [2.45, 2.75) is 18.9 Å². The Morgan fingerprint density at radius 2 is 2.31 bits per heavy atom. The van der Waals surface area contributed by atoms with Crippen LogP contribution in [0.25, 0.3) is 0 Å². The molecule has 0 aromatic heterocycles. The van der Waals surface area contributed by atoms with Gasteiger partial charge in [0.15, 0.2) is 0 Å². The fraction of sp³-hybridized carbons (Fsp3) is 0.364. The van der Waals surface area contributed by atoms with Crippen LogP contribution in [-0.4, -0.2) is 18.5 Å². The number of benzene rings is 1. The van der Waals surface area contributed by atoms with Crippen LogP contribution in [0.2, 0.25) is 5.02 Å². The monoisotopic (exact) mass is 240 g/mol. The van der Waals surface area contributed by atoms with Gasteiger partial charge in [0.2, 0.25) is 5.91 Å². The van der Waals surface area contributed by atoms with Crippen molar-refractivity contribution in [3.05, 3.63) is 23.0 Å². The third-order valence-corrected chi connectivity index (χ3v) is 3.45. The van der Waals surface area contributed by atoms with Gasteiger partial charge in [-0.15, -0.1) is 0 Å². The number of fused-ring (bicyclic) bond motifs is 3. The minimum Gasteiger partial charge on any atom is -0.358 e. The second-order valence-electron chi connectivity index (χ2n) is 4.12. The number of anilines is 2. The van der Waals surface area contributed by atoms with Crippen molar-refractivity contribution in [1.29, 1.82) is 0 Å². The van der Waals surface area contributed by atoms with Crippen molar-refractivity contribution in [2.75, 3.05) is 16.8 Å². The van der Waals surface area contributed by atoms with E-state index in [4.69, 9.17) is 11.6 Å². The van der Waals surface area contributed by atoms with E-state index >= 15 is 0 Å². The summed E-state index contributed by atoms with van der Waals surface area (Å²) in [4.78, 5) is 13.7. The molecule has 84 valence electrons. The van der Waals surface area contributed by atoms with Crippen LogP contribution in [0.3, 0.4) is 0 Å². The van der Waals surface area contributed by atoms with E-state index in [0.29, 0.717) is 5.69 Å². The van der Waals surface area contributed by atoms with Gasteiger partial charge in [-0.1, -0.05) is 11.6 Å². The third kappa shape index (κ3) is 1.29. The lowest BCUT2D eigenvalue weighted by atomic mass is 10.1. The van der Waals surface area contributed by atoms with E-state index in [2.05, 4.69) is 5.32 Å². The van der Waals surface area contributed by atoms with E-state index in [0.717, 1.165) is 25.1 Å². The summed E-state index contributed by atoms with van der Waals surface area (Å²) < 4.78 is 13.3. The highest BCUT2D eigenvalue weighted by Crippen LogP contribution is 2.39. The highest BCUT2D eigenvalue weighted by Gasteiger charge is 2.36. The first-order valence-corrected chi connectivity index (χ1v) is 5.61. The van der Waals surface area contributed by atoms with Gasteiger partial charge in [0.25, 0.3) is 0 Å². The summed E-state index contributed by atoms with van der Waals surface area (Å²) in [6.07, 6.45) is 1.83. The molecule has 2 aliphatic rings. The van der Waals surface area contributed by atoms with Crippen molar-refractivity contribution in [3.8, 4) is 0 Å². The molecular formula is C11H10ClFN2O. The molecule has 1 fully saturated rings. The number of carbonyl (C=O) groups excluding carboxylic acids is 1. The highest BCUT2D eigenvalue weighted by molar-refractivity contribution is 6.31. The van der Waals surface area contributed by atoms with Crippen molar-refractivity contribution >= 4 is 28.9 Å². The van der Waals surface area contributed by atoms with Crippen LogP contribution < -0.4 is 10.2 Å². The molecule has 0 aliphatic carbocycles. The van der Waals surface area contributed by atoms with Crippen LogP contribution in [0.15, 0.2) is 12.1 Å². The molecule has 0 saturated carbocycles. The Morgan fingerprint density at radius 3 is 3.12 bits per heavy atom. The SMILES string of the molecule is O=C1Nc2cc(F)c(Cl)cc2N2CCCC12. The molecule has 1 unspecified atom stereocenters. The molecule has 1 aromatic rings. The minimum atomic E-state index is -0.502. The van der Waals surface area contributed by atoms with E-state index in [1.54, 1.807) is 6.07 Å². The Bertz CT molecular complexity index is 477.